The minimum absolute atomic E-state index is 0.193. The first kappa shape index (κ1) is 14.8. The molecule has 20 heavy (non-hydrogen) atoms. The lowest BCUT2D eigenvalue weighted by Gasteiger charge is -2.26. The molecule has 0 radical (unpaired) electrons. The zero-order chi connectivity index (χ0) is 14.2. The fraction of sp³-hybridized carbons (Fsp3) is 0.533. The summed E-state index contributed by atoms with van der Waals surface area (Å²) in [6.45, 7) is 1.82. The molecule has 1 aliphatic rings. The zero-order valence-corrected chi connectivity index (χ0v) is 11.5. The van der Waals surface area contributed by atoms with E-state index >= 15 is 0 Å². The number of amides is 1. The number of aliphatic hydroxyl groups is 1. The second kappa shape index (κ2) is 7.87. The lowest BCUT2D eigenvalue weighted by molar-refractivity contribution is 0.00827. The molecule has 2 N–H and O–H groups in total. The summed E-state index contributed by atoms with van der Waals surface area (Å²) in [4.78, 5) is 11.5. The molecule has 5 heteroatoms. The maximum absolute atomic E-state index is 11.5. The number of carbonyl (C=O) groups is 1. The van der Waals surface area contributed by atoms with E-state index in [0.717, 1.165) is 18.4 Å². The highest BCUT2D eigenvalue weighted by Gasteiger charge is 2.22. The first-order chi connectivity index (χ1) is 9.75. The SMILES string of the molecule is O=C(NCC(O)C1CCOCC1)OCc1ccccc1. The Hall–Kier alpha value is -1.59. The molecule has 1 amide bonds. The first-order valence-electron chi connectivity index (χ1n) is 6.96. The van der Waals surface area contributed by atoms with E-state index in [9.17, 15) is 9.90 Å². The number of hydrogen-bond donors (Lipinski definition) is 2. The van der Waals surface area contributed by atoms with Crippen molar-refractivity contribution in [3.05, 3.63) is 35.9 Å². The van der Waals surface area contributed by atoms with E-state index in [4.69, 9.17) is 9.47 Å². The summed E-state index contributed by atoms with van der Waals surface area (Å²) in [6.07, 6.45) is 0.632. The third kappa shape index (κ3) is 4.83. The monoisotopic (exact) mass is 279 g/mol. The van der Waals surface area contributed by atoms with Crippen LogP contribution in [0.15, 0.2) is 30.3 Å². The van der Waals surface area contributed by atoms with Crippen LogP contribution in [-0.4, -0.2) is 37.1 Å². The number of aliphatic hydroxyl groups excluding tert-OH is 1. The smallest absolute Gasteiger partial charge is 0.407 e. The van der Waals surface area contributed by atoms with Gasteiger partial charge in [0, 0.05) is 19.8 Å². The molecule has 0 aromatic heterocycles. The van der Waals surface area contributed by atoms with E-state index in [1.165, 1.54) is 0 Å². The number of nitrogens with one attached hydrogen (secondary N) is 1. The van der Waals surface area contributed by atoms with Crippen molar-refractivity contribution in [3.63, 3.8) is 0 Å². The Morgan fingerprint density at radius 1 is 1.35 bits per heavy atom. The second-order valence-corrected chi connectivity index (χ2v) is 4.96. The standard InChI is InChI=1S/C15H21NO4/c17-14(13-6-8-19-9-7-13)10-16-15(18)20-11-12-4-2-1-3-5-12/h1-5,13-14,17H,6-11H2,(H,16,18). The van der Waals surface area contributed by atoms with E-state index in [1.807, 2.05) is 30.3 Å². The number of carbonyl (C=O) groups excluding carboxylic acids is 1. The topological polar surface area (TPSA) is 67.8 Å². The molecule has 1 heterocycles. The van der Waals surface area contributed by atoms with Gasteiger partial charge in [0.05, 0.1) is 6.10 Å². The van der Waals surface area contributed by atoms with E-state index in [0.29, 0.717) is 13.2 Å². The van der Waals surface area contributed by atoms with Crippen LogP contribution in [0.2, 0.25) is 0 Å². The van der Waals surface area contributed by atoms with Gasteiger partial charge in [0.15, 0.2) is 0 Å². The van der Waals surface area contributed by atoms with Gasteiger partial charge < -0.3 is 19.9 Å². The van der Waals surface area contributed by atoms with E-state index in [2.05, 4.69) is 5.32 Å². The molecule has 1 aromatic carbocycles. The minimum Gasteiger partial charge on any atom is -0.445 e. The lowest BCUT2D eigenvalue weighted by atomic mass is 9.94. The molecule has 2 rings (SSSR count). The Bertz CT molecular complexity index is 404. The molecule has 1 aromatic rings. The predicted octanol–water partition coefficient (Wildman–Crippen LogP) is 1.70. The summed E-state index contributed by atoms with van der Waals surface area (Å²) in [7, 11) is 0. The van der Waals surface area contributed by atoms with E-state index in [1.54, 1.807) is 0 Å². The molecule has 1 fully saturated rings. The van der Waals surface area contributed by atoms with Gasteiger partial charge in [0.2, 0.25) is 0 Å². The largest absolute Gasteiger partial charge is 0.445 e. The summed E-state index contributed by atoms with van der Waals surface area (Å²) < 4.78 is 10.3. The molecular formula is C15H21NO4. The van der Waals surface area contributed by atoms with Crippen molar-refractivity contribution in [1.29, 1.82) is 0 Å². The van der Waals surface area contributed by atoms with Gasteiger partial charge in [-0.25, -0.2) is 4.79 Å². The predicted molar refractivity (Wildman–Crippen MR) is 74.2 cm³/mol. The molecule has 0 bridgehead atoms. The van der Waals surface area contributed by atoms with Gasteiger partial charge in [-0.1, -0.05) is 30.3 Å². The highest BCUT2D eigenvalue weighted by Crippen LogP contribution is 2.18. The average molecular weight is 279 g/mol. The number of rotatable bonds is 5. The number of benzene rings is 1. The van der Waals surface area contributed by atoms with Crippen LogP contribution in [0.25, 0.3) is 0 Å². The Morgan fingerprint density at radius 2 is 2.05 bits per heavy atom. The molecule has 1 saturated heterocycles. The van der Waals surface area contributed by atoms with Crippen LogP contribution in [0.3, 0.4) is 0 Å². The van der Waals surface area contributed by atoms with Crippen molar-refractivity contribution in [2.75, 3.05) is 19.8 Å². The van der Waals surface area contributed by atoms with Crippen LogP contribution in [0.5, 0.6) is 0 Å². The van der Waals surface area contributed by atoms with Gasteiger partial charge >= 0.3 is 6.09 Å². The molecule has 0 aliphatic carbocycles. The van der Waals surface area contributed by atoms with Crippen LogP contribution in [-0.2, 0) is 16.1 Å². The quantitative estimate of drug-likeness (QED) is 0.861. The Labute approximate surface area is 118 Å². The highest BCUT2D eigenvalue weighted by atomic mass is 16.5. The summed E-state index contributed by atoms with van der Waals surface area (Å²) >= 11 is 0. The van der Waals surface area contributed by atoms with Crippen molar-refractivity contribution in [3.8, 4) is 0 Å². The Balaban J connectivity index is 1.64. The Kier molecular flexibility index (Phi) is 5.83. The van der Waals surface area contributed by atoms with Crippen molar-refractivity contribution in [2.45, 2.75) is 25.6 Å². The minimum atomic E-state index is -0.539. The fourth-order valence-electron chi connectivity index (χ4n) is 2.23. The molecule has 110 valence electrons. The van der Waals surface area contributed by atoms with Crippen molar-refractivity contribution in [1.82, 2.24) is 5.32 Å². The zero-order valence-electron chi connectivity index (χ0n) is 11.5. The molecule has 5 nitrogen and oxygen atoms in total. The highest BCUT2D eigenvalue weighted by molar-refractivity contribution is 5.67. The molecule has 0 saturated carbocycles. The normalized spacial score (nSPS) is 17.4. The van der Waals surface area contributed by atoms with Crippen molar-refractivity contribution in [2.24, 2.45) is 5.92 Å². The van der Waals surface area contributed by atoms with Crippen LogP contribution in [0.1, 0.15) is 18.4 Å². The summed E-state index contributed by atoms with van der Waals surface area (Å²) in [5, 5.41) is 12.6. The van der Waals surface area contributed by atoms with Gasteiger partial charge in [-0.15, -0.1) is 0 Å². The molecular weight excluding hydrogens is 258 g/mol. The Morgan fingerprint density at radius 3 is 2.75 bits per heavy atom. The lowest BCUT2D eigenvalue weighted by Crippen LogP contribution is -2.38. The summed E-state index contributed by atoms with van der Waals surface area (Å²) in [5.74, 6) is 0.193. The maximum Gasteiger partial charge on any atom is 0.407 e. The van der Waals surface area contributed by atoms with E-state index < -0.39 is 12.2 Å². The molecule has 1 atom stereocenters. The van der Waals surface area contributed by atoms with Gasteiger partial charge in [-0.2, -0.15) is 0 Å². The molecule has 1 unspecified atom stereocenters. The third-order valence-corrected chi connectivity index (χ3v) is 3.48. The first-order valence-corrected chi connectivity index (χ1v) is 6.96. The van der Waals surface area contributed by atoms with Crippen molar-refractivity contribution >= 4 is 6.09 Å². The second-order valence-electron chi connectivity index (χ2n) is 4.96. The molecule has 0 spiro atoms. The van der Waals surface area contributed by atoms with Gasteiger partial charge in [0.1, 0.15) is 6.61 Å². The van der Waals surface area contributed by atoms with Crippen LogP contribution < -0.4 is 5.32 Å². The van der Waals surface area contributed by atoms with Crippen LogP contribution in [0.4, 0.5) is 4.79 Å². The number of hydrogen-bond acceptors (Lipinski definition) is 4. The van der Waals surface area contributed by atoms with Gasteiger partial charge in [-0.05, 0) is 24.3 Å². The third-order valence-electron chi connectivity index (χ3n) is 3.48. The van der Waals surface area contributed by atoms with E-state index in [-0.39, 0.29) is 19.1 Å². The number of ether oxygens (including phenoxy) is 2. The van der Waals surface area contributed by atoms with Crippen LogP contribution in [0, 0.1) is 5.92 Å². The average Bonchev–Trinajstić information content (AvgIpc) is 2.52. The molecule has 1 aliphatic heterocycles. The summed E-state index contributed by atoms with van der Waals surface area (Å²) in [5.41, 5.74) is 0.938. The fourth-order valence-corrected chi connectivity index (χ4v) is 2.23. The van der Waals surface area contributed by atoms with Gasteiger partial charge in [0.25, 0.3) is 0 Å². The van der Waals surface area contributed by atoms with Crippen molar-refractivity contribution < 1.29 is 19.4 Å². The van der Waals surface area contributed by atoms with Gasteiger partial charge in [-0.3, -0.25) is 0 Å². The van der Waals surface area contributed by atoms with Crippen LogP contribution >= 0.6 is 0 Å². The summed E-state index contributed by atoms with van der Waals surface area (Å²) in [6, 6.07) is 9.49. The maximum atomic E-state index is 11.5. The number of alkyl carbamates (subject to hydrolysis) is 1.